The minimum atomic E-state index is -4.80. The van der Waals surface area contributed by atoms with E-state index >= 15 is 0 Å². The molecule has 0 atom stereocenters. The number of rotatable bonds is 5. The number of nitro groups is 1. The first-order valence-electron chi connectivity index (χ1n) is 6.51. The minimum absolute atomic E-state index is 0.0906. The van der Waals surface area contributed by atoms with Gasteiger partial charge in [0.2, 0.25) is 0 Å². The number of methoxy groups -OCH3 is 1. The molecule has 9 heteroatoms. The lowest BCUT2D eigenvalue weighted by molar-refractivity contribution is -0.384. The lowest BCUT2D eigenvalue weighted by Crippen LogP contribution is -2.17. The highest BCUT2D eigenvalue weighted by molar-refractivity contribution is 5.86. The van der Waals surface area contributed by atoms with E-state index in [0.717, 1.165) is 12.1 Å². The Morgan fingerprint density at radius 3 is 2.38 bits per heavy atom. The second kappa shape index (κ2) is 6.99. The number of hydrogen-bond acceptors (Lipinski definition) is 5. The molecule has 0 aliphatic heterocycles. The summed E-state index contributed by atoms with van der Waals surface area (Å²) in [7, 11) is 1.36. The number of nitrogens with zero attached hydrogens (tertiary/aromatic N) is 2. The molecule has 0 bridgehead atoms. The Kier molecular flexibility index (Phi) is 5.02. The summed E-state index contributed by atoms with van der Waals surface area (Å²) in [5, 5.41) is 10.6. The molecule has 2 rings (SSSR count). The maximum atomic E-state index is 12.3. The van der Waals surface area contributed by atoms with Crippen LogP contribution in [-0.4, -0.2) is 24.6 Å². The summed E-state index contributed by atoms with van der Waals surface area (Å²) in [5.41, 5.74) is 0.564. The molecule has 126 valence electrons. The first-order valence-corrected chi connectivity index (χ1v) is 6.51. The van der Waals surface area contributed by atoms with E-state index in [0.29, 0.717) is 11.4 Å². The molecule has 0 aliphatic rings. The van der Waals surface area contributed by atoms with Gasteiger partial charge in [0.15, 0.2) is 0 Å². The van der Waals surface area contributed by atoms with Crippen molar-refractivity contribution in [2.45, 2.75) is 6.36 Å². The molecule has 0 N–H and O–H groups in total. The van der Waals surface area contributed by atoms with Gasteiger partial charge in [-0.05, 0) is 30.3 Å². The van der Waals surface area contributed by atoms with Crippen molar-refractivity contribution in [2.24, 2.45) is 4.99 Å². The third-order valence-corrected chi connectivity index (χ3v) is 2.85. The SMILES string of the molecule is COc1ccc(OC(F)(F)F)cc1/C=N/c1ccc([N+](=O)[O-])cc1. The van der Waals surface area contributed by atoms with Crippen LogP contribution in [0.2, 0.25) is 0 Å². The smallest absolute Gasteiger partial charge is 0.496 e. The van der Waals surface area contributed by atoms with Crippen molar-refractivity contribution in [1.29, 1.82) is 0 Å². The van der Waals surface area contributed by atoms with Crippen LogP contribution in [0, 0.1) is 10.1 Å². The van der Waals surface area contributed by atoms with Crippen LogP contribution in [0.5, 0.6) is 11.5 Å². The molecule has 6 nitrogen and oxygen atoms in total. The van der Waals surface area contributed by atoms with Crippen LogP contribution in [0.4, 0.5) is 24.5 Å². The fourth-order valence-corrected chi connectivity index (χ4v) is 1.81. The zero-order valence-corrected chi connectivity index (χ0v) is 12.3. The van der Waals surface area contributed by atoms with E-state index in [-0.39, 0.29) is 11.3 Å². The summed E-state index contributed by atoms with van der Waals surface area (Å²) in [6.07, 6.45) is -3.52. The average Bonchev–Trinajstić information content (AvgIpc) is 2.52. The van der Waals surface area contributed by atoms with Crippen molar-refractivity contribution < 1.29 is 27.6 Å². The lowest BCUT2D eigenvalue weighted by Gasteiger charge is -2.11. The number of ether oxygens (including phenoxy) is 2. The van der Waals surface area contributed by atoms with E-state index in [2.05, 4.69) is 9.73 Å². The fourth-order valence-electron chi connectivity index (χ4n) is 1.81. The maximum absolute atomic E-state index is 12.3. The summed E-state index contributed by atoms with van der Waals surface area (Å²) in [4.78, 5) is 14.1. The van der Waals surface area contributed by atoms with Crippen LogP contribution >= 0.6 is 0 Å². The van der Waals surface area contributed by atoms with Crippen LogP contribution in [-0.2, 0) is 0 Å². The van der Waals surface area contributed by atoms with E-state index in [4.69, 9.17) is 4.74 Å². The first-order chi connectivity index (χ1) is 11.3. The third-order valence-electron chi connectivity index (χ3n) is 2.85. The summed E-state index contributed by atoms with van der Waals surface area (Å²) in [6, 6.07) is 8.93. The van der Waals surface area contributed by atoms with Gasteiger partial charge in [-0.1, -0.05) is 0 Å². The maximum Gasteiger partial charge on any atom is 0.573 e. The Morgan fingerprint density at radius 2 is 1.83 bits per heavy atom. The van der Waals surface area contributed by atoms with Crippen molar-refractivity contribution in [2.75, 3.05) is 7.11 Å². The average molecular weight is 340 g/mol. The topological polar surface area (TPSA) is 74.0 Å². The predicted octanol–water partition coefficient (Wildman–Crippen LogP) is 4.25. The summed E-state index contributed by atoms with van der Waals surface area (Å²) < 4.78 is 45.7. The normalized spacial score (nSPS) is 11.5. The second-order valence-electron chi connectivity index (χ2n) is 4.48. The molecule has 2 aromatic rings. The van der Waals surface area contributed by atoms with Crippen molar-refractivity contribution >= 4 is 17.6 Å². The van der Waals surface area contributed by atoms with Gasteiger partial charge in [-0.2, -0.15) is 0 Å². The van der Waals surface area contributed by atoms with Crippen LogP contribution in [0.3, 0.4) is 0 Å². The molecule has 0 spiro atoms. The number of aliphatic imine (C=N–C) groups is 1. The molecule has 0 aliphatic carbocycles. The molecule has 24 heavy (non-hydrogen) atoms. The zero-order chi connectivity index (χ0) is 17.7. The third kappa shape index (κ3) is 4.70. The highest BCUT2D eigenvalue weighted by atomic mass is 19.4. The number of nitro benzene ring substituents is 1. The highest BCUT2D eigenvalue weighted by Crippen LogP contribution is 2.28. The molecule has 0 saturated heterocycles. The molecular formula is C15H11F3N2O4. The minimum Gasteiger partial charge on any atom is -0.496 e. The van der Waals surface area contributed by atoms with E-state index in [1.54, 1.807) is 0 Å². The van der Waals surface area contributed by atoms with Crippen molar-refractivity contribution in [1.82, 2.24) is 0 Å². The van der Waals surface area contributed by atoms with Gasteiger partial charge in [0, 0.05) is 23.9 Å². The van der Waals surface area contributed by atoms with Gasteiger partial charge >= 0.3 is 6.36 Å². The number of non-ortho nitro benzene ring substituents is 1. The van der Waals surface area contributed by atoms with Crippen LogP contribution in [0.15, 0.2) is 47.5 Å². The van der Waals surface area contributed by atoms with Gasteiger partial charge in [0.25, 0.3) is 5.69 Å². The number of alkyl halides is 3. The lowest BCUT2D eigenvalue weighted by atomic mass is 10.2. The van der Waals surface area contributed by atoms with Gasteiger partial charge in [0.05, 0.1) is 17.7 Å². The van der Waals surface area contributed by atoms with Gasteiger partial charge in [-0.25, -0.2) is 0 Å². The molecule has 0 unspecified atom stereocenters. The highest BCUT2D eigenvalue weighted by Gasteiger charge is 2.31. The molecule has 0 radical (unpaired) electrons. The molecule has 0 aromatic heterocycles. The standard InChI is InChI=1S/C15H11F3N2O4/c1-23-14-7-6-13(24-15(16,17)18)8-10(14)9-19-11-2-4-12(5-3-11)20(21)22/h2-9H,1H3/b19-9+. The van der Waals surface area contributed by atoms with E-state index in [1.807, 2.05) is 0 Å². The van der Waals surface area contributed by atoms with Crippen molar-refractivity contribution in [3.05, 3.63) is 58.1 Å². The second-order valence-corrected chi connectivity index (χ2v) is 4.48. The summed E-state index contributed by atoms with van der Waals surface area (Å²) in [5.74, 6) is -0.108. The number of hydrogen-bond donors (Lipinski definition) is 0. The predicted molar refractivity (Wildman–Crippen MR) is 80.0 cm³/mol. The van der Waals surface area contributed by atoms with Gasteiger partial charge < -0.3 is 9.47 Å². The van der Waals surface area contributed by atoms with Gasteiger partial charge in [0.1, 0.15) is 11.5 Å². The van der Waals surface area contributed by atoms with E-state index < -0.39 is 17.0 Å². The van der Waals surface area contributed by atoms with Crippen LogP contribution in [0.25, 0.3) is 0 Å². The first kappa shape index (κ1) is 17.3. The van der Waals surface area contributed by atoms with Gasteiger partial charge in [-0.15, -0.1) is 13.2 Å². The summed E-state index contributed by atoms with van der Waals surface area (Å²) in [6.45, 7) is 0. The molecular weight excluding hydrogens is 329 g/mol. The largest absolute Gasteiger partial charge is 0.573 e. The molecule has 0 saturated carbocycles. The Morgan fingerprint density at radius 1 is 1.17 bits per heavy atom. The quantitative estimate of drug-likeness (QED) is 0.463. The van der Waals surface area contributed by atoms with E-state index in [9.17, 15) is 23.3 Å². The Bertz CT molecular complexity index is 758. The molecule has 0 amide bonds. The monoisotopic (exact) mass is 340 g/mol. The van der Waals surface area contributed by atoms with Gasteiger partial charge in [-0.3, -0.25) is 15.1 Å². The number of benzene rings is 2. The fraction of sp³-hybridized carbons (Fsp3) is 0.133. The van der Waals surface area contributed by atoms with Crippen LogP contribution in [0.1, 0.15) is 5.56 Å². The Hall–Kier alpha value is -3.10. The molecule has 0 heterocycles. The van der Waals surface area contributed by atoms with Crippen molar-refractivity contribution in [3.63, 3.8) is 0 Å². The van der Waals surface area contributed by atoms with E-state index in [1.165, 1.54) is 43.7 Å². The zero-order valence-electron chi connectivity index (χ0n) is 12.3. The Labute approximate surface area is 134 Å². The number of halogens is 3. The van der Waals surface area contributed by atoms with Crippen molar-refractivity contribution in [3.8, 4) is 11.5 Å². The van der Waals surface area contributed by atoms with Crippen LogP contribution < -0.4 is 9.47 Å². The Balaban J connectivity index is 2.26. The molecule has 2 aromatic carbocycles. The summed E-state index contributed by atoms with van der Waals surface area (Å²) >= 11 is 0. The molecule has 0 fully saturated rings.